The summed E-state index contributed by atoms with van der Waals surface area (Å²) in [7, 11) is 0. The van der Waals surface area contributed by atoms with Crippen LogP contribution in [-0.4, -0.2) is 23.9 Å². The van der Waals surface area contributed by atoms with E-state index in [2.05, 4.69) is 10.6 Å². The Kier molecular flexibility index (Phi) is 4.02. The Balaban J connectivity index is 1.81. The Morgan fingerprint density at radius 1 is 1.39 bits per heavy atom. The van der Waals surface area contributed by atoms with Gasteiger partial charge in [-0.3, -0.25) is 9.59 Å². The average Bonchev–Trinajstić information content (AvgIpc) is 3.01. The van der Waals surface area contributed by atoms with Gasteiger partial charge >= 0.3 is 0 Å². The maximum Gasteiger partial charge on any atom is 0.287 e. The van der Waals surface area contributed by atoms with Gasteiger partial charge in [0.1, 0.15) is 6.04 Å². The Morgan fingerprint density at radius 2 is 2.11 bits per heavy atom. The van der Waals surface area contributed by atoms with E-state index in [1.807, 2.05) is 0 Å². The molecule has 98 valence electrons. The van der Waals surface area contributed by atoms with Crippen LogP contribution in [0.15, 0.2) is 22.8 Å². The lowest BCUT2D eigenvalue weighted by atomic mass is 10.2. The molecule has 0 aliphatic heterocycles. The van der Waals surface area contributed by atoms with Crippen molar-refractivity contribution in [3.05, 3.63) is 24.2 Å². The molecule has 2 rings (SSSR count). The molecule has 1 heterocycles. The fourth-order valence-corrected chi connectivity index (χ4v) is 2.14. The van der Waals surface area contributed by atoms with E-state index < -0.39 is 6.04 Å². The van der Waals surface area contributed by atoms with Crippen LogP contribution in [-0.2, 0) is 4.79 Å². The number of carbonyl (C=O) groups excluding carboxylic acids is 2. The molecule has 0 unspecified atom stereocenters. The predicted molar refractivity (Wildman–Crippen MR) is 66.0 cm³/mol. The lowest BCUT2D eigenvalue weighted by Crippen LogP contribution is -2.47. The molecule has 2 N–H and O–H groups in total. The number of carbonyl (C=O) groups is 2. The average molecular weight is 250 g/mol. The van der Waals surface area contributed by atoms with Crippen molar-refractivity contribution in [1.82, 2.24) is 10.6 Å². The third-order valence-electron chi connectivity index (χ3n) is 3.19. The van der Waals surface area contributed by atoms with Gasteiger partial charge in [0.15, 0.2) is 5.76 Å². The normalized spacial score (nSPS) is 17.4. The van der Waals surface area contributed by atoms with Crippen LogP contribution in [0.1, 0.15) is 43.2 Å². The minimum absolute atomic E-state index is 0.137. The molecule has 0 radical (unpaired) electrons. The van der Waals surface area contributed by atoms with Gasteiger partial charge in [-0.05, 0) is 31.9 Å². The molecular formula is C13H18N2O3. The topological polar surface area (TPSA) is 71.3 Å². The van der Waals surface area contributed by atoms with Gasteiger partial charge in [0.25, 0.3) is 5.91 Å². The fraction of sp³-hybridized carbons (Fsp3) is 0.538. The van der Waals surface area contributed by atoms with Crippen LogP contribution in [0.4, 0.5) is 0 Å². The molecule has 5 heteroatoms. The highest BCUT2D eigenvalue weighted by Gasteiger charge is 2.22. The van der Waals surface area contributed by atoms with Crippen LogP contribution >= 0.6 is 0 Å². The summed E-state index contributed by atoms with van der Waals surface area (Å²) in [6.45, 7) is 1.67. The molecule has 2 amide bonds. The summed E-state index contributed by atoms with van der Waals surface area (Å²) >= 11 is 0. The van der Waals surface area contributed by atoms with E-state index in [4.69, 9.17) is 4.42 Å². The zero-order chi connectivity index (χ0) is 13.0. The maximum atomic E-state index is 11.8. The molecule has 0 saturated heterocycles. The maximum absolute atomic E-state index is 11.8. The van der Waals surface area contributed by atoms with Gasteiger partial charge in [-0.1, -0.05) is 12.8 Å². The standard InChI is InChI=1S/C13H18N2O3/c1-9(12(16)15-10-5-2-3-6-10)14-13(17)11-7-4-8-18-11/h4,7-10H,2-3,5-6H2,1H3,(H,14,17)(H,15,16)/t9-/m1/s1. The fourth-order valence-electron chi connectivity index (χ4n) is 2.14. The summed E-state index contributed by atoms with van der Waals surface area (Å²) in [4.78, 5) is 23.5. The Bertz CT molecular complexity index is 408. The third kappa shape index (κ3) is 3.12. The van der Waals surface area contributed by atoms with Crippen LogP contribution in [0.25, 0.3) is 0 Å². The Labute approximate surface area is 106 Å². The van der Waals surface area contributed by atoms with Crippen molar-refractivity contribution in [3.8, 4) is 0 Å². The van der Waals surface area contributed by atoms with Crippen LogP contribution in [0.3, 0.4) is 0 Å². The quantitative estimate of drug-likeness (QED) is 0.849. The lowest BCUT2D eigenvalue weighted by Gasteiger charge is -2.17. The van der Waals surface area contributed by atoms with E-state index in [0.29, 0.717) is 0 Å². The lowest BCUT2D eigenvalue weighted by molar-refractivity contribution is -0.123. The van der Waals surface area contributed by atoms with Crippen LogP contribution < -0.4 is 10.6 Å². The van der Waals surface area contributed by atoms with Gasteiger partial charge in [0.2, 0.25) is 5.91 Å². The highest BCUT2D eigenvalue weighted by Crippen LogP contribution is 2.17. The van der Waals surface area contributed by atoms with E-state index in [0.717, 1.165) is 25.7 Å². The van der Waals surface area contributed by atoms with Crippen LogP contribution in [0.2, 0.25) is 0 Å². The van der Waals surface area contributed by atoms with Gasteiger partial charge < -0.3 is 15.1 Å². The molecule has 1 aliphatic carbocycles. The molecule has 1 aromatic rings. The summed E-state index contributed by atoms with van der Waals surface area (Å²) < 4.78 is 4.97. The number of furan rings is 1. The van der Waals surface area contributed by atoms with Crippen molar-refractivity contribution in [2.75, 3.05) is 0 Å². The second kappa shape index (κ2) is 5.71. The summed E-state index contributed by atoms with van der Waals surface area (Å²) in [6.07, 6.45) is 5.82. The van der Waals surface area contributed by atoms with E-state index in [9.17, 15) is 9.59 Å². The van der Waals surface area contributed by atoms with Gasteiger partial charge in [0, 0.05) is 6.04 Å². The van der Waals surface area contributed by atoms with Crippen molar-refractivity contribution in [3.63, 3.8) is 0 Å². The summed E-state index contributed by atoms with van der Waals surface area (Å²) in [5, 5.41) is 5.56. The number of rotatable bonds is 4. The van der Waals surface area contributed by atoms with Crippen LogP contribution in [0.5, 0.6) is 0 Å². The molecule has 1 fully saturated rings. The van der Waals surface area contributed by atoms with Crippen molar-refractivity contribution in [2.45, 2.75) is 44.7 Å². The SMILES string of the molecule is C[C@@H](NC(=O)c1ccco1)C(=O)NC1CCCC1. The van der Waals surface area contributed by atoms with E-state index in [1.165, 1.54) is 6.26 Å². The highest BCUT2D eigenvalue weighted by molar-refractivity contribution is 5.95. The molecule has 1 aromatic heterocycles. The molecule has 1 aliphatic rings. The number of nitrogens with one attached hydrogen (secondary N) is 2. The van der Waals surface area contributed by atoms with Crippen molar-refractivity contribution >= 4 is 11.8 Å². The monoisotopic (exact) mass is 250 g/mol. The van der Waals surface area contributed by atoms with E-state index in [-0.39, 0.29) is 23.6 Å². The van der Waals surface area contributed by atoms with Crippen molar-refractivity contribution in [1.29, 1.82) is 0 Å². The first kappa shape index (κ1) is 12.7. The second-order valence-electron chi connectivity index (χ2n) is 4.66. The van der Waals surface area contributed by atoms with Gasteiger partial charge in [0.05, 0.1) is 6.26 Å². The first-order valence-electron chi connectivity index (χ1n) is 6.31. The minimum Gasteiger partial charge on any atom is -0.459 e. The van der Waals surface area contributed by atoms with Gasteiger partial charge in [-0.2, -0.15) is 0 Å². The molecule has 18 heavy (non-hydrogen) atoms. The van der Waals surface area contributed by atoms with E-state index in [1.54, 1.807) is 19.1 Å². The molecule has 0 bridgehead atoms. The zero-order valence-corrected chi connectivity index (χ0v) is 10.4. The van der Waals surface area contributed by atoms with Crippen molar-refractivity contribution in [2.24, 2.45) is 0 Å². The summed E-state index contributed by atoms with van der Waals surface area (Å²) in [6, 6.07) is 2.92. The molecule has 1 atom stereocenters. The summed E-state index contributed by atoms with van der Waals surface area (Å²) in [5.74, 6) is -0.286. The molecule has 1 saturated carbocycles. The van der Waals surface area contributed by atoms with Gasteiger partial charge in [-0.25, -0.2) is 0 Å². The third-order valence-corrected chi connectivity index (χ3v) is 3.19. The molecular weight excluding hydrogens is 232 g/mol. The number of hydrogen-bond donors (Lipinski definition) is 2. The molecule has 0 aromatic carbocycles. The van der Waals surface area contributed by atoms with Crippen molar-refractivity contribution < 1.29 is 14.0 Å². The van der Waals surface area contributed by atoms with Crippen LogP contribution in [0, 0.1) is 0 Å². The van der Waals surface area contributed by atoms with E-state index >= 15 is 0 Å². The zero-order valence-electron chi connectivity index (χ0n) is 10.4. The second-order valence-corrected chi connectivity index (χ2v) is 4.66. The van der Waals surface area contributed by atoms with Gasteiger partial charge in [-0.15, -0.1) is 0 Å². The first-order chi connectivity index (χ1) is 8.66. The summed E-state index contributed by atoms with van der Waals surface area (Å²) in [5.41, 5.74) is 0. The molecule has 0 spiro atoms. The number of amides is 2. The first-order valence-corrected chi connectivity index (χ1v) is 6.31. The number of hydrogen-bond acceptors (Lipinski definition) is 3. The minimum atomic E-state index is -0.553. The highest BCUT2D eigenvalue weighted by atomic mass is 16.3. The predicted octanol–water partition coefficient (Wildman–Crippen LogP) is 1.46. The Hall–Kier alpha value is -1.78. The largest absolute Gasteiger partial charge is 0.459 e. The Morgan fingerprint density at radius 3 is 2.72 bits per heavy atom. The molecule has 5 nitrogen and oxygen atoms in total. The smallest absolute Gasteiger partial charge is 0.287 e.